The highest BCUT2D eigenvalue weighted by Gasteiger charge is 2.17. The zero-order valence-corrected chi connectivity index (χ0v) is 17.0. The van der Waals surface area contributed by atoms with Crippen LogP contribution in [0, 0.1) is 0 Å². The van der Waals surface area contributed by atoms with Crippen LogP contribution in [0.3, 0.4) is 0 Å². The van der Waals surface area contributed by atoms with E-state index in [1.54, 1.807) is 12.5 Å². The Morgan fingerprint density at radius 3 is 2.53 bits per heavy atom. The minimum atomic E-state index is -0.139. The van der Waals surface area contributed by atoms with Gasteiger partial charge in [0.2, 0.25) is 5.91 Å². The summed E-state index contributed by atoms with van der Waals surface area (Å²) in [5.74, 6) is 0.0971. The number of imidazole rings is 1. The van der Waals surface area contributed by atoms with Crippen molar-refractivity contribution in [3.05, 3.63) is 83.9 Å². The van der Waals surface area contributed by atoms with Gasteiger partial charge in [0.1, 0.15) is 0 Å². The summed E-state index contributed by atoms with van der Waals surface area (Å²) in [7, 11) is 0. The number of rotatable bonds is 7. The molecular weight excluding hydrogens is 376 g/mol. The van der Waals surface area contributed by atoms with E-state index < -0.39 is 0 Å². The highest BCUT2D eigenvalue weighted by molar-refractivity contribution is 6.04. The van der Waals surface area contributed by atoms with Gasteiger partial charge in [-0.15, -0.1) is 0 Å². The molecule has 0 radical (unpaired) electrons. The summed E-state index contributed by atoms with van der Waals surface area (Å²) in [4.78, 5) is 30.8. The molecule has 0 atom stereocenters. The third-order valence-electron chi connectivity index (χ3n) is 5.41. The molecule has 1 fully saturated rings. The molecule has 1 aromatic heterocycles. The van der Waals surface area contributed by atoms with Gasteiger partial charge in [-0.25, -0.2) is 4.98 Å². The van der Waals surface area contributed by atoms with Crippen LogP contribution in [-0.4, -0.2) is 39.4 Å². The van der Waals surface area contributed by atoms with Crippen molar-refractivity contribution in [2.45, 2.75) is 32.2 Å². The van der Waals surface area contributed by atoms with E-state index in [4.69, 9.17) is 0 Å². The van der Waals surface area contributed by atoms with E-state index in [2.05, 4.69) is 10.3 Å². The number of aryl methyl sites for hydroxylation is 1. The fourth-order valence-corrected chi connectivity index (χ4v) is 3.74. The first-order valence-electron chi connectivity index (χ1n) is 10.4. The molecular formula is C24H26N4O2. The molecule has 6 heteroatoms. The van der Waals surface area contributed by atoms with E-state index in [1.165, 1.54) is 0 Å². The summed E-state index contributed by atoms with van der Waals surface area (Å²) in [6, 6.07) is 15.3. The van der Waals surface area contributed by atoms with Gasteiger partial charge in [0.05, 0.1) is 6.33 Å². The van der Waals surface area contributed by atoms with Crippen molar-refractivity contribution in [2.75, 3.05) is 18.4 Å². The maximum Gasteiger partial charge on any atom is 0.255 e. The van der Waals surface area contributed by atoms with Crippen LogP contribution in [0.4, 0.5) is 5.69 Å². The third kappa shape index (κ3) is 5.14. The first kappa shape index (κ1) is 19.9. The van der Waals surface area contributed by atoms with Gasteiger partial charge in [0.25, 0.3) is 5.91 Å². The molecule has 1 aliphatic heterocycles. The predicted octanol–water partition coefficient (Wildman–Crippen LogP) is 3.74. The van der Waals surface area contributed by atoms with Crippen molar-refractivity contribution >= 4 is 17.5 Å². The molecule has 4 rings (SSSR count). The van der Waals surface area contributed by atoms with Gasteiger partial charge in [-0.05, 0) is 54.7 Å². The molecule has 0 aliphatic carbocycles. The van der Waals surface area contributed by atoms with Crippen LogP contribution in [0.2, 0.25) is 0 Å². The lowest BCUT2D eigenvalue weighted by Crippen LogP contribution is -2.27. The van der Waals surface area contributed by atoms with E-state index >= 15 is 0 Å². The molecule has 2 heterocycles. The molecule has 1 saturated heterocycles. The Balaban J connectivity index is 1.31. The smallest absolute Gasteiger partial charge is 0.255 e. The summed E-state index contributed by atoms with van der Waals surface area (Å²) in [6.07, 6.45) is 8.89. The molecule has 154 valence electrons. The van der Waals surface area contributed by atoms with Crippen molar-refractivity contribution in [1.29, 1.82) is 0 Å². The van der Waals surface area contributed by atoms with E-state index in [0.29, 0.717) is 18.5 Å². The Kier molecular flexibility index (Phi) is 6.23. The second-order valence-electron chi connectivity index (χ2n) is 7.67. The quantitative estimate of drug-likeness (QED) is 0.655. The van der Waals surface area contributed by atoms with Gasteiger partial charge in [0.15, 0.2) is 0 Å². The third-order valence-corrected chi connectivity index (χ3v) is 5.41. The van der Waals surface area contributed by atoms with E-state index in [9.17, 15) is 9.59 Å². The molecule has 6 nitrogen and oxygen atoms in total. The lowest BCUT2D eigenvalue weighted by Gasteiger charge is -2.15. The molecule has 2 aromatic carbocycles. The number of anilines is 1. The Morgan fingerprint density at radius 2 is 1.80 bits per heavy atom. The van der Waals surface area contributed by atoms with E-state index in [-0.39, 0.29) is 11.8 Å². The standard InChI is InChI=1S/C24H26N4O2/c29-23(28-13-1-2-14-28)11-8-19-6-9-22(10-7-19)26-24(30)21-5-3-4-20(16-21)17-27-15-12-25-18-27/h3-7,9-10,12,15-16,18H,1-2,8,11,13-14,17H2,(H,26,30). The molecule has 0 bridgehead atoms. The number of hydrogen-bond acceptors (Lipinski definition) is 3. The van der Waals surface area contributed by atoms with Crippen LogP contribution >= 0.6 is 0 Å². The number of nitrogens with zero attached hydrogens (tertiary/aromatic N) is 3. The van der Waals surface area contributed by atoms with Gasteiger partial charge in [0, 0.05) is 49.7 Å². The van der Waals surface area contributed by atoms with Crippen molar-refractivity contribution in [3.63, 3.8) is 0 Å². The zero-order valence-electron chi connectivity index (χ0n) is 17.0. The molecule has 1 N–H and O–H groups in total. The summed E-state index contributed by atoms with van der Waals surface area (Å²) < 4.78 is 1.96. The van der Waals surface area contributed by atoms with Crippen LogP contribution in [0.1, 0.15) is 40.7 Å². The lowest BCUT2D eigenvalue weighted by molar-refractivity contribution is -0.130. The molecule has 30 heavy (non-hydrogen) atoms. The van der Waals surface area contributed by atoms with Crippen LogP contribution in [0.15, 0.2) is 67.3 Å². The van der Waals surface area contributed by atoms with Crippen LogP contribution in [0.5, 0.6) is 0 Å². The minimum absolute atomic E-state index is 0.139. The Hall–Kier alpha value is -3.41. The maximum absolute atomic E-state index is 12.6. The highest BCUT2D eigenvalue weighted by Crippen LogP contribution is 2.15. The summed E-state index contributed by atoms with van der Waals surface area (Å²) in [5, 5.41) is 2.95. The van der Waals surface area contributed by atoms with Crippen molar-refractivity contribution in [2.24, 2.45) is 0 Å². The Bertz CT molecular complexity index is 990. The van der Waals surface area contributed by atoms with Crippen molar-refractivity contribution in [3.8, 4) is 0 Å². The minimum Gasteiger partial charge on any atom is -0.343 e. The van der Waals surface area contributed by atoms with Gasteiger partial charge in [-0.3, -0.25) is 9.59 Å². The number of benzene rings is 2. The molecule has 0 saturated carbocycles. The first-order valence-corrected chi connectivity index (χ1v) is 10.4. The fourth-order valence-electron chi connectivity index (χ4n) is 3.74. The van der Waals surface area contributed by atoms with Gasteiger partial charge >= 0.3 is 0 Å². The van der Waals surface area contributed by atoms with Crippen LogP contribution in [0.25, 0.3) is 0 Å². The van der Waals surface area contributed by atoms with E-state index in [1.807, 2.05) is 64.2 Å². The van der Waals surface area contributed by atoms with Crippen LogP contribution < -0.4 is 5.32 Å². The van der Waals surface area contributed by atoms with Crippen molar-refractivity contribution in [1.82, 2.24) is 14.5 Å². The summed E-state index contributed by atoms with van der Waals surface area (Å²) in [5.41, 5.74) is 3.50. The number of nitrogens with one attached hydrogen (secondary N) is 1. The first-order chi connectivity index (χ1) is 14.7. The number of likely N-dealkylation sites (tertiary alicyclic amines) is 1. The fraction of sp³-hybridized carbons (Fsp3) is 0.292. The molecule has 2 amide bonds. The van der Waals surface area contributed by atoms with Crippen LogP contribution in [-0.2, 0) is 17.8 Å². The SMILES string of the molecule is O=C(Nc1ccc(CCC(=O)N2CCCC2)cc1)c1cccc(Cn2ccnc2)c1. The number of carbonyl (C=O) groups excluding carboxylic acids is 2. The number of carbonyl (C=O) groups is 2. The summed E-state index contributed by atoms with van der Waals surface area (Å²) in [6.45, 7) is 2.46. The number of amides is 2. The molecule has 3 aromatic rings. The second kappa shape index (κ2) is 9.39. The Morgan fingerprint density at radius 1 is 1.00 bits per heavy atom. The Labute approximate surface area is 176 Å². The van der Waals surface area contributed by atoms with Gasteiger partial charge in [-0.2, -0.15) is 0 Å². The van der Waals surface area contributed by atoms with E-state index in [0.717, 1.165) is 49.2 Å². The number of aromatic nitrogens is 2. The van der Waals surface area contributed by atoms with Crippen molar-refractivity contribution < 1.29 is 9.59 Å². The monoisotopic (exact) mass is 402 g/mol. The van der Waals surface area contributed by atoms with Gasteiger partial charge < -0.3 is 14.8 Å². The maximum atomic E-state index is 12.6. The molecule has 0 spiro atoms. The predicted molar refractivity (Wildman–Crippen MR) is 116 cm³/mol. The highest BCUT2D eigenvalue weighted by atomic mass is 16.2. The van der Waals surface area contributed by atoms with Gasteiger partial charge in [-0.1, -0.05) is 24.3 Å². The molecule has 0 unspecified atom stereocenters. The average Bonchev–Trinajstić information content (AvgIpc) is 3.48. The topological polar surface area (TPSA) is 67.2 Å². The zero-order chi connectivity index (χ0) is 20.8. The lowest BCUT2D eigenvalue weighted by atomic mass is 10.1. The molecule has 1 aliphatic rings. The second-order valence-corrected chi connectivity index (χ2v) is 7.67. The normalized spacial score (nSPS) is 13.4. The number of hydrogen-bond donors (Lipinski definition) is 1. The summed E-state index contributed by atoms with van der Waals surface area (Å²) >= 11 is 0. The average molecular weight is 402 g/mol. The largest absolute Gasteiger partial charge is 0.343 e.